The van der Waals surface area contributed by atoms with Gasteiger partial charge in [0.1, 0.15) is 0 Å². The van der Waals surface area contributed by atoms with Gasteiger partial charge in [0.15, 0.2) is 0 Å². The highest BCUT2D eigenvalue weighted by Crippen LogP contribution is 2.13. The smallest absolute Gasteiger partial charge is 0.0625 e. The van der Waals surface area contributed by atoms with Gasteiger partial charge >= 0.3 is 0 Å². The average Bonchev–Trinajstić information content (AvgIpc) is 2.74. The van der Waals surface area contributed by atoms with Crippen LogP contribution in [0.3, 0.4) is 0 Å². The molecule has 0 N–H and O–H groups in total. The Hall–Kier alpha value is -0.350. The van der Waals surface area contributed by atoms with Crippen LogP contribution in [0, 0.1) is 0 Å². The summed E-state index contributed by atoms with van der Waals surface area (Å²) in [5.41, 5.74) is 1.17. The Labute approximate surface area is 106 Å². The first-order chi connectivity index (χ1) is 7.67. The Morgan fingerprint density at radius 1 is 1.56 bits per heavy atom. The molecule has 2 atom stereocenters. The number of nitrogens with zero attached hydrogens (tertiary/aromatic N) is 2. The molecule has 1 aromatic heterocycles. The van der Waals surface area contributed by atoms with Crippen LogP contribution >= 0.6 is 15.9 Å². The van der Waals surface area contributed by atoms with Gasteiger partial charge in [-0.25, -0.2) is 0 Å². The Morgan fingerprint density at radius 2 is 2.31 bits per heavy atom. The van der Waals surface area contributed by atoms with Crippen LogP contribution in [0.1, 0.15) is 38.4 Å². The molecule has 1 aromatic rings. The lowest BCUT2D eigenvalue weighted by atomic mass is 10.2. The highest BCUT2D eigenvalue weighted by Gasteiger charge is 2.07. The highest BCUT2D eigenvalue weighted by molar-refractivity contribution is 9.09. The van der Waals surface area contributed by atoms with Crippen molar-refractivity contribution in [3.63, 3.8) is 0 Å². The van der Waals surface area contributed by atoms with E-state index in [0.717, 1.165) is 25.9 Å². The second-order valence-electron chi connectivity index (χ2n) is 4.14. The maximum atomic E-state index is 5.08. The van der Waals surface area contributed by atoms with Crippen LogP contribution < -0.4 is 0 Å². The summed E-state index contributed by atoms with van der Waals surface area (Å²) in [6.07, 6.45) is 5.25. The lowest BCUT2D eigenvalue weighted by Gasteiger charge is -2.09. The molecule has 2 unspecified atom stereocenters. The van der Waals surface area contributed by atoms with Crippen molar-refractivity contribution < 1.29 is 4.74 Å². The summed E-state index contributed by atoms with van der Waals surface area (Å²) >= 11 is 3.59. The van der Waals surface area contributed by atoms with Crippen LogP contribution in [0.5, 0.6) is 0 Å². The van der Waals surface area contributed by atoms with Gasteiger partial charge in [0.2, 0.25) is 0 Å². The van der Waals surface area contributed by atoms with Crippen LogP contribution in [-0.4, -0.2) is 28.3 Å². The third-order valence-electron chi connectivity index (χ3n) is 2.77. The molecule has 0 saturated heterocycles. The minimum absolute atomic E-state index is 0.422. The summed E-state index contributed by atoms with van der Waals surface area (Å²) in [6, 6.07) is 2.60. The van der Waals surface area contributed by atoms with Crippen LogP contribution in [0.15, 0.2) is 12.3 Å². The first-order valence-electron chi connectivity index (χ1n) is 5.84. The molecule has 0 bridgehead atoms. The lowest BCUT2D eigenvalue weighted by Crippen LogP contribution is -2.09. The molecule has 16 heavy (non-hydrogen) atoms. The fraction of sp³-hybridized carbons (Fsp3) is 0.750. The normalized spacial score (nSPS) is 15.0. The van der Waals surface area contributed by atoms with E-state index in [2.05, 4.69) is 51.8 Å². The van der Waals surface area contributed by atoms with Crippen LogP contribution in [0.25, 0.3) is 0 Å². The van der Waals surface area contributed by atoms with Crippen molar-refractivity contribution in [3.8, 4) is 0 Å². The molecule has 0 aliphatic rings. The summed E-state index contributed by atoms with van der Waals surface area (Å²) in [7, 11) is 1.73. The average molecular weight is 289 g/mol. The maximum absolute atomic E-state index is 5.08. The van der Waals surface area contributed by atoms with E-state index in [1.165, 1.54) is 5.69 Å². The molecule has 3 nitrogen and oxygen atoms in total. The van der Waals surface area contributed by atoms with Crippen LogP contribution in [-0.2, 0) is 11.2 Å². The van der Waals surface area contributed by atoms with Gasteiger partial charge in [-0.15, -0.1) is 0 Å². The van der Waals surface area contributed by atoms with E-state index >= 15 is 0 Å². The quantitative estimate of drug-likeness (QED) is 0.721. The molecule has 1 heterocycles. The Kier molecular flexibility index (Phi) is 6.06. The summed E-state index contributed by atoms with van der Waals surface area (Å²) in [4.78, 5) is 0.422. The largest absolute Gasteiger partial charge is 0.384 e. The number of rotatable bonds is 7. The van der Waals surface area contributed by atoms with Crippen molar-refractivity contribution in [2.24, 2.45) is 0 Å². The van der Waals surface area contributed by atoms with Gasteiger partial charge < -0.3 is 4.74 Å². The topological polar surface area (TPSA) is 27.1 Å². The zero-order valence-electron chi connectivity index (χ0n) is 10.3. The molecule has 0 fully saturated rings. The minimum Gasteiger partial charge on any atom is -0.384 e. The maximum Gasteiger partial charge on any atom is 0.0625 e. The van der Waals surface area contributed by atoms with Gasteiger partial charge in [-0.2, -0.15) is 5.10 Å². The number of alkyl halides is 1. The summed E-state index contributed by atoms with van der Waals surface area (Å²) in [6.45, 7) is 5.13. The standard InChI is InChI=1S/C12H21BrN2O/c1-4-10(2)15-8-7-12(14-15)6-5-11(13)9-16-3/h7-8,10-11H,4-6,9H2,1-3H3. The molecule has 0 radical (unpaired) electrons. The highest BCUT2D eigenvalue weighted by atomic mass is 79.9. The summed E-state index contributed by atoms with van der Waals surface area (Å²) < 4.78 is 7.13. The summed E-state index contributed by atoms with van der Waals surface area (Å²) in [5.74, 6) is 0. The third-order valence-corrected chi connectivity index (χ3v) is 3.49. The number of aromatic nitrogens is 2. The molecule has 0 spiro atoms. The lowest BCUT2D eigenvalue weighted by molar-refractivity contribution is 0.198. The molecular formula is C12H21BrN2O. The Balaban J connectivity index is 2.40. The van der Waals surface area contributed by atoms with Gasteiger partial charge in [0.25, 0.3) is 0 Å². The van der Waals surface area contributed by atoms with Crippen molar-refractivity contribution in [1.82, 2.24) is 9.78 Å². The predicted molar refractivity (Wildman–Crippen MR) is 70.1 cm³/mol. The van der Waals surface area contributed by atoms with Gasteiger partial charge in [-0.05, 0) is 32.3 Å². The number of ether oxygens (including phenoxy) is 1. The fourth-order valence-electron chi connectivity index (χ4n) is 1.51. The molecular weight excluding hydrogens is 268 g/mol. The molecule has 92 valence electrons. The van der Waals surface area contributed by atoms with E-state index in [1.54, 1.807) is 7.11 Å². The molecule has 0 saturated carbocycles. The minimum atomic E-state index is 0.422. The molecule has 0 aromatic carbocycles. The second-order valence-corrected chi connectivity index (χ2v) is 5.43. The monoisotopic (exact) mass is 288 g/mol. The van der Waals surface area contributed by atoms with E-state index in [4.69, 9.17) is 4.74 Å². The van der Waals surface area contributed by atoms with Gasteiger partial charge in [0, 0.05) is 24.2 Å². The van der Waals surface area contributed by atoms with Crippen molar-refractivity contribution >= 4 is 15.9 Å². The van der Waals surface area contributed by atoms with Crippen molar-refractivity contribution in [3.05, 3.63) is 18.0 Å². The fourth-order valence-corrected chi connectivity index (χ4v) is 2.01. The zero-order chi connectivity index (χ0) is 12.0. The van der Waals surface area contributed by atoms with Gasteiger partial charge in [-0.1, -0.05) is 22.9 Å². The van der Waals surface area contributed by atoms with Crippen molar-refractivity contribution in [2.75, 3.05) is 13.7 Å². The first kappa shape index (κ1) is 13.7. The van der Waals surface area contributed by atoms with Gasteiger partial charge in [0.05, 0.1) is 12.3 Å². The van der Waals surface area contributed by atoms with E-state index in [0.29, 0.717) is 10.9 Å². The molecule has 0 amide bonds. The van der Waals surface area contributed by atoms with Crippen LogP contribution in [0.4, 0.5) is 0 Å². The van der Waals surface area contributed by atoms with Crippen molar-refractivity contribution in [2.45, 2.75) is 44.0 Å². The van der Waals surface area contributed by atoms with E-state index in [9.17, 15) is 0 Å². The number of halogens is 1. The van der Waals surface area contributed by atoms with E-state index in [1.807, 2.05) is 0 Å². The van der Waals surface area contributed by atoms with Crippen LogP contribution in [0.2, 0.25) is 0 Å². The third kappa shape index (κ3) is 4.26. The predicted octanol–water partition coefficient (Wildman–Crippen LogP) is 3.20. The molecule has 0 aliphatic carbocycles. The van der Waals surface area contributed by atoms with Crippen molar-refractivity contribution in [1.29, 1.82) is 0 Å². The Morgan fingerprint density at radius 3 is 2.94 bits per heavy atom. The first-order valence-corrected chi connectivity index (χ1v) is 6.76. The number of methoxy groups -OCH3 is 1. The van der Waals surface area contributed by atoms with E-state index < -0.39 is 0 Å². The Bertz CT molecular complexity index is 301. The SMILES string of the molecule is CCC(C)n1ccc(CCC(Br)COC)n1. The van der Waals surface area contributed by atoms with E-state index in [-0.39, 0.29) is 0 Å². The second kappa shape index (κ2) is 7.07. The summed E-state index contributed by atoms with van der Waals surface area (Å²) in [5, 5.41) is 4.57. The molecule has 0 aliphatic heterocycles. The number of hydrogen-bond acceptors (Lipinski definition) is 2. The molecule has 1 rings (SSSR count). The number of hydrogen-bond donors (Lipinski definition) is 0. The number of aryl methyl sites for hydroxylation is 1. The van der Waals surface area contributed by atoms with Gasteiger partial charge in [-0.3, -0.25) is 4.68 Å². The molecule has 4 heteroatoms. The zero-order valence-corrected chi connectivity index (χ0v) is 11.9.